The summed E-state index contributed by atoms with van der Waals surface area (Å²) in [4.78, 5) is 0. The van der Waals surface area contributed by atoms with Gasteiger partial charge in [0.05, 0.1) is 21.6 Å². The predicted octanol–water partition coefficient (Wildman–Crippen LogP) is 2.79. The molecule has 1 fully saturated rings. The Bertz CT molecular complexity index is 477. The first-order valence-electron chi connectivity index (χ1n) is 6.24. The van der Waals surface area contributed by atoms with Crippen LogP contribution in [-0.2, 0) is 9.31 Å². The minimum atomic E-state index is -0.499. The summed E-state index contributed by atoms with van der Waals surface area (Å²) in [5, 5.41) is 9.51. The first-order chi connectivity index (χ1) is 8.64. The van der Waals surface area contributed by atoms with Crippen LogP contribution < -0.4 is 5.73 Å². The van der Waals surface area contributed by atoms with Gasteiger partial charge in [-0.2, -0.15) is 0 Å². The Morgan fingerprint density at radius 3 is 2.21 bits per heavy atom. The van der Waals surface area contributed by atoms with E-state index in [1.807, 2.05) is 27.7 Å². The first kappa shape index (κ1) is 14.8. The number of phenolic OH excluding ortho intramolecular Hbond substituents is 1. The molecule has 0 radical (unpaired) electrons. The highest BCUT2D eigenvalue weighted by Crippen LogP contribution is 2.40. The summed E-state index contributed by atoms with van der Waals surface area (Å²) in [7, 11) is -0.499. The van der Waals surface area contributed by atoms with Crippen LogP contribution in [0.15, 0.2) is 22.7 Å². The Morgan fingerprint density at radius 1 is 1.21 bits per heavy atom. The molecule has 3 N–H and O–H groups in total. The van der Waals surface area contributed by atoms with Crippen LogP contribution in [-0.4, -0.2) is 23.4 Å². The minimum absolute atomic E-state index is 0.185. The van der Waals surface area contributed by atoms with Crippen molar-refractivity contribution in [2.45, 2.75) is 44.8 Å². The third-order valence-corrected chi connectivity index (χ3v) is 4.56. The molecule has 0 aliphatic carbocycles. The number of hydrogen-bond acceptors (Lipinski definition) is 4. The zero-order valence-corrected chi connectivity index (χ0v) is 13.2. The summed E-state index contributed by atoms with van der Waals surface area (Å²) in [5.74, 6) is -0.220. The van der Waals surface area contributed by atoms with Crippen LogP contribution in [0.5, 0.6) is 5.75 Å². The van der Waals surface area contributed by atoms with Crippen molar-refractivity contribution in [1.82, 2.24) is 0 Å². The summed E-state index contributed by atoms with van der Waals surface area (Å²) in [6, 6.07) is 5.16. The lowest BCUT2D eigenvalue weighted by Gasteiger charge is -2.32. The molecule has 1 aromatic rings. The molecule has 1 heterocycles. The van der Waals surface area contributed by atoms with Crippen LogP contribution in [0.1, 0.15) is 39.2 Å². The summed E-state index contributed by atoms with van der Waals surface area (Å²) in [6.45, 7) is 7.97. The van der Waals surface area contributed by atoms with Gasteiger partial charge in [0.25, 0.3) is 0 Å². The molecule has 2 rings (SSSR count). The second kappa shape index (κ2) is 4.77. The fourth-order valence-corrected chi connectivity index (χ4v) is 2.32. The van der Waals surface area contributed by atoms with E-state index in [1.54, 1.807) is 18.2 Å². The molecule has 4 nitrogen and oxygen atoms in total. The average Bonchev–Trinajstić information content (AvgIpc) is 2.51. The Morgan fingerprint density at radius 2 is 1.74 bits per heavy atom. The van der Waals surface area contributed by atoms with Gasteiger partial charge in [0, 0.05) is 0 Å². The second-order valence-electron chi connectivity index (χ2n) is 5.86. The van der Waals surface area contributed by atoms with Gasteiger partial charge >= 0.3 is 7.12 Å². The number of rotatable bonds is 2. The normalized spacial score (nSPS) is 22.5. The van der Waals surface area contributed by atoms with Crippen molar-refractivity contribution in [2.75, 3.05) is 0 Å². The molecule has 19 heavy (non-hydrogen) atoms. The van der Waals surface area contributed by atoms with Crippen LogP contribution >= 0.6 is 15.9 Å². The molecule has 6 heteroatoms. The number of halogens is 1. The fraction of sp³-hybridized carbons (Fsp3) is 0.538. The van der Waals surface area contributed by atoms with Crippen molar-refractivity contribution >= 4 is 23.0 Å². The van der Waals surface area contributed by atoms with Crippen molar-refractivity contribution in [3.8, 4) is 5.75 Å². The minimum Gasteiger partial charge on any atom is -0.507 e. The van der Waals surface area contributed by atoms with E-state index in [0.29, 0.717) is 4.47 Å². The maximum atomic E-state index is 9.51. The van der Waals surface area contributed by atoms with Crippen molar-refractivity contribution in [3.63, 3.8) is 0 Å². The summed E-state index contributed by atoms with van der Waals surface area (Å²) in [5.41, 5.74) is 6.26. The molecule has 1 saturated heterocycles. The summed E-state index contributed by atoms with van der Waals surface area (Å²) >= 11 is 3.28. The van der Waals surface area contributed by atoms with Crippen LogP contribution in [0.4, 0.5) is 0 Å². The van der Waals surface area contributed by atoms with Gasteiger partial charge < -0.3 is 20.1 Å². The zero-order chi connectivity index (χ0) is 14.4. The standard InChI is InChI=1S/C13H19BBrNO3/c1-12(2)13(3,4)19-14(18-12)11(16)8-5-6-10(17)9(15)7-8/h5-7,11,17H,16H2,1-4H3/t11-/m0/s1. The monoisotopic (exact) mass is 327 g/mol. The highest BCUT2D eigenvalue weighted by Gasteiger charge is 2.53. The molecule has 1 aliphatic heterocycles. The van der Waals surface area contributed by atoms with E-state index in [0.717, 1.165) is 5.56 Å². The van der Waals surface area contributed by atoms with E-state index in [9.17, 15) is 5.11 Å². The molecular weight excluding hydrogens is 309 g/mol. The third kappa shape index (κ3) is 2.67. The van der Waals surface area contributed by atoms with E-state index in [2.05, 4.69) is 15.9 Å². The Labute approximate surface area is 122 Å². The topological polar surface area (TPSA) is 64.7 Å². The van der Waals surface area contributed by atoms with Crippen LogP contribution in [0.2, 0.25) is 0 Å². The number of hydrogen-bond donors (Lipinski definition) is 2. The van der Waals surface area contributed by atoms with E-state index in [-0.39, 0.29) is 5.75 Å². The van der Waals surface area contributed by atoms with E-state index in [1.165, 1.54) is 0 Å². The summed E-state index contributed by atoms with van der Waals surface area (Å²) < 4.78 is 12.5. The van der Waals surface area contributed by atoms with Crippen molar-refractivity contribution in [2.24, 2.45) is 5.73 Å². The lowest BCUT2D eigenvalue weighted by atomic mass is 9.75. The number of benzene rings is 1. The average molecular weight is 328 g/mol. The van der Waals surface area contributed by atoms with Crippen LogP contribution in [0.3, 0.4) is 0 Å². The quantitative estimate of drug-likeness (QED) is 0.820. The lowest BCUT2D eigenvalue weighted by Crippen LogP contribution is -2.41. The number of phenols is 1. The van der Waals surface area contributed by atoms with Gasteiger partial charge in [0.15, 0.2) is 0 Å². The summed E-state index contributed by atoms with van der Waals surface area (Å²) in [6.07, 6.45) is 0. The van der Waals surface area contributed by atoms with E-state index >= 15 is 0 Å². The molecule has 1 aromatic carbocycles. The van der Waals surface area contributed by atoms with E-state index < -0.39 is 24.3 Å². The molecular formula is C13H19BBrNO3. The van der Waals surface area contributed by atoms with Gasteiger partial charge in [-0.05, 0) is 61.3 Å². The van der Waals surface area contributed by atoms with Gasteiger partial charge in [-0.25, -0.2) is 0 Å². The predicted molar refractivity (Wildman–Crippen MR) is 78.8 cm³/mol. The smallest absolute Gasteiger partial charge is 0.480 e. The van der Waals surface area contributed by atoms with Crippen molar-refractivity contribution < 1.29 is 14.4 Å². The van der Waals surface area contributed by atoms with Crippen molar-refractivity contribution in [3.05, 3.63) is 28.2 Å². The molecule has 104 valence electrons. The largest absolute Gasteiger partial charge is 0.507 e. The Balaban J connectivity index is 2.22. The van der Waals surface area contributed by atoms with Gasteiger partial charge in [-0.1, -0.05) is 6.07 Å². The van der Waals surface area contributed by atoms with Gasteiger partial charge in [0.2, 0.25) is 0 Å². The molecule has 1 aliphatic rings. The molecule has 0 amide bonds. The molecule has 0 saturated carbocycles. The Kier molecular flexibility index (Phi) is 3.73. The van der Waals surface area contributed by atoms with E-state index in [4.69, 9.17) is 15.0 Å². The highest BCUT2D eigenvalue weighted by molar-refractivity contribution is 9.10. The van der Waals surface area contributed by atoms with Crippen molar-refractivity contribution in [1.29, 1.82) is 0 Å². The SMILES string of the molecule is CC1(C)OB([C@@H](N)c2ccc(O)c(Br)c2)OC1(C)C. The molecule has 0 aromatic heterocycles. The van der Waals surface area contributed by atoms with Gasteiger partial charge in [-0.3, -0.25) is 0 Å². The zero-order valence-electron chi connectivity index (χ0n) is 11.6. The Hall–Kier alpha value is -0.555. The number of nitrogens with two attached hydrogens (primary N) is 1. The fourth-order valence-electron chi connectivity index (χ4n) is 1.92. The second-order valence-corrected chi connectivity index (χ2v) is 6.72. The molecule has 0 unspecified atom stereocenters. The third-order valence-electron chi connectivity index (χ3n) is 3.92. The maximum absolute atomic E-state index is 9.51. The first-order valence-corrected chi connectivity index (χ1v) is 7.03. The molecule has 0 spiro atoms. The molecule has 1 atom stereocenters. The number of aromatic hydroxyl groups is 1. The lowest BCUT2D eigenvalue weighted by molar-refractivity contribution is 0.00578. The van der Waals surface area contributed by atoms with Crippen LogP contribution in [0, 0.1) is 0 Å². The highest BCUT2D eigenvalue weighted by atomic mass is 79.9. The van der Waals surface area contributed by atoms with Gasteiger partial charge in [0.1, 0.15) is 5.75 Å². The molecule has 0 bridgehead atoms. The van der Waals surface area contributed by atoms with Crippen LogP contribution in [0.25, 0.3) is 0 Å². The maximum Gasteiger partial charge on any atom is 0.480 e. The van der Waals surface area contributed by atoms with Gasteiger partial charge in [-0.15, -0.1) is 0 Å².